The van der Waals surface area contributed by atoms with Gasteiger partial charge in [0.25, 0.3) is 0 Å². The van der Waals surface area contributed by atoms with Crippen LogP contribution in [0.3, 0.4) is 0 Å². The van der Waals surface area contributed by atoms with Gasteiger partial charge in [0.2, 0.25) is 5.91 Å². The van der Waals surface area contributed by atoms with Crippen molar-refractivity contribution in [1.29, 1.82) is 0 Å². The maximum absolute atomic E-state index is 13.9. The van der Waals surface area contributed by atoms with Crippen LogP contribution in [0, 0.1) is 19.7 Å². The third-order valence-corrected chi connectivity index (χ3v) is 5.54. The first kappa shape index (κ1) is 21.9. The van der Waals surface area contributed by atoms with Crippen molar-refractivity contribution in [3.8, 4) is 5.75 Å². The van der Waals surface area contributed by atoms with E-state index in [1.807, 2.05) is 19.9 Å². The van der Waals surface area contributed by atoms with Gasteiger partial charge in [-0.15, -0.1) is 11.3 Å². The maximum atomic E-state index is 13.9. The van der Waals surface area contributed by atoms with Crippen LogP contribution in [0.5, 0.6) is 5.75 Å². The number of ketones is 1. The molecule has 156 valence electrons. The van der Waals surface area contributed by atoms with E-state index in [9.17, 15) is 14.0 Å². The summed E-state index contributed by atoms with van der Waals surface area (Å²) in [6, 6.07) is 7.84. The largest absolute Gasteiger partial charge is 0.487 e. The number of rotatable bonds is 6. The molecule has 0 spiro atoms. The molecule has 1 heterocycles. The second-order valence-corrected chi connectivity index (χ2v) is 8.12. The molecule has 0 N–H and O–H groups in total. The van der Waals surface area contributed by atoms with E-state index in [-0.39, 0.29) is 29.6 Å². The fourth-order valence-corrected chi connectivity index (χ4v) is 4.34. The smallest absolute Gasteiger partial charge is 0.230 e. The predicted molar refractivity (Wildman–Crippen MR) is 117 cm³/mol. The molecular weight excluding hydrogens is 427 g/mol. The summed E-state index contributed by atoms with van der Waals surface area (Å²) in [7, 11) is 0. The third kappa shape index (κ3) is 4.68. The van der Waals surface area contributed by atoms with Crippen LogP contribution in [-0.4, -0.2) is 16.7 Å². The number of amides is 1. The number of anilines is 2. The molecule has 0 aliphatic carbocycles. The average molecular weight is 447 g/mol. The van der Waals surface area contributed by atoms with Gasteiger partial charge in [-0.05, 0) is 50.1 Å². The molecule has 0 saturated carbocycles. The number of halogens is 2. The number of carbonyl (C=O) groups excluding carboxylic acids is 2. The van der Waals surface area contributed by atoms with Gasteiger partial charge in [0.15, 0.2) is 10.9 Å². The Morgan fingerprint density at radius 2 is 1.93 bits per heavy atom. The molecule has 1 aromatic heterocycles. The highest BCUT2D eigenvalue weighted by Crippen LogP contribution is 2.37. The number of carbonyl (C=O) groups is 2. The molecule has 3 aromatic rings. The molecule has 0 unspecified atom stereocenters. The summed E-state index contributed by atoms with van der Waals surface area (Å²) in [4.78, 5) is 29.7. The first-order valence-corrected chi connectivity index (χ1v) is 10.4. The van der Waals surface area contributed by atoms with Crippen molar-refractivity contribution in [3.05, 3.63) is 68.9 Å². The van der Waals surface area contributed by atoms with Crippen LogP contribution < -0.4 is 9.64 Å². The summed E-state index contributed by atoms with van der Waals surface area (Å²) in [6.07, 6.45) is 0. The Morgan fingerprint density at radius 1 is 1.20 bits per heavy atom. The number of nitrogens with zero attached hydrogens (tertiary/aromatic N) is 2. The minimum Gasteiger partial charge on any atom is -0.487 e. The number of Topliss-reactive ketones (excluding diaryl/α,β-unsaturated/α-hetero) is 1. The van der Waals surface area contributed by atoms with Gasteiger partial charge in [-0.1, -0.05) is 17.7 Å². The molecule has 0 aliphatic heterocycles. The molecule has 2 aromatic carbocycles. The van der Waals surface area contributed by atoms with Gasteiger partial charge in [0.1, 0.15) is 18.2 Å². The lowest BCUT2D eigenvalue weighted by atomic mass is 10.1. The number of ether oxygens (including phenoxy) is 1. The number of aromatic nitrogens is 1. The highest BCUT2D eigenvalue weighted by molar-refractivity contribution is 7.14. The number of aryl methyl sites for hydroxylation is 2. The molecular formula is C22H20ClFN2O3S. The van der Waals surface area contributed by atoms with Crippen molar-refractivity contribution in [2.75, 3.05) is 4.90 Å². The quantitative estimate of drug-likeness (QED) is 0.434. The Balaban J connectivity index is 1.82. The third-order valence-electron chi connectivity index (χ3n) is 4.37. The molecule has 1 amide bonds. The van der Waals surface area contributed by atoms with E-state index < -0.39 is 5.82 Å². The van der Waals surface area contributed by atoms with Gasteiger partial charge in [-0.3, -0.25) is 14.5 Å². The van der Waals surface area contributed by atoms with Crippen molar-refractivity contribution in [3.63, 3.8) is 0 Å². The molecule has 3 rings (SSSR count). The topological polar surface area (TPSA) is 59.5 Å². The molecule has 0 atom stereocenters. The summed E-state index contributed by atoms with van der Waals surface area (Å²) in [5.74, 6) is -0.913. The van der Waals surface area contributed by atoms with Gasteiger partial charge in [0.05, 0.1) is 22.0 Å². The van der Waals surface area contributed by atoms with Crippen LogP contribution in [-0.2, 0) is 11.4 Å². The monoisotopic (exact) mass is 446 g/mol. The fraction of sp³-hybridized carbons (Fsp3) is 0.227. The Kier molecular flexibility index (Phi) is 6.53. The van der Waals surface area contributed by atoms with E-state index in [0.29, 0.717) is 21.5 Å². The lowest BCUT2D eigenvalue weighted by molar-refractivity contribution is -0.115. The Hall–Kier alpha value is -2.77. The summed E-state index contributed by atoms with van der Waals surface area (Å²) >= 11 is 7.70. The van der Waals surface area contributed by atoms with Gasteiger partial charge >= 0.3 is 0 Å². The predicted octanol–water partition coefficient (Wildman–Crippen LogP) is 6.02. The molecule has 5 nitrogen and oxygen atoms in total. The number of hydrogen-bond acceptors (Lipinski definition) is 5. The minimum absolute atomic E-state index is 0.0146. The van der Waals surface area contributed by atoms with Crippen LogP contribution in [0.2, 0.25) is 5.02 Å². The normalized spacial score (nSPS) is 10.7. The van der Waals surface area contributed by atoms with E-state index in [1.165, 1.54) is 48.3 Å². The molecule has 8 heteroatoms. The van der Waals surface area contributed by atoms with E-state index in [4.69, 9.17) is 16.3 Å². The molecule has 0 bridgehead atoms. The lowest BCUT2D eigenvalue weighted by Crippen LogP contribution is -2.24. The summed E-state index contributed by atoms with van der Waals surface area (Å²) in [6.45, 7) is 6.67. The van der Waals surface area contributed by atoms with Crippen molar-refractivity contribution in [2.24, 2.45) is 0 Å². The molecule has 30 heavy (non-hydrogen) atoms. The maximum Gasteiger partial charge on any atom is 0.230 e. The van der Waals surface area contributed by atoms with Crippen LogP contribution in [0.15, 0.2) is 35.7 Å². The Morgan fingerprint density at radius 3 is 2.53 bits per heavy atom. The van der Waals surface area contributed by atoms with Crippen molar-refractivity contribution < 1.29 is 18.7 Å². The number of hydrogen-bond donors (Lipinski definition) is 0. The van der Waals surface area contributed by atoms with Gasteiger partial charge in [0, 0.05) is 18.4 Å². The first-order valence-electron chi connectivity index (χ1n) is 9.12. The molecule has 0 aliphatic rings. The van der Waals surface area contributed by atoms with Crippen LogP contribution in [0.25, 0.3) is 0 Å². The summed E-state index contributed by atoms with van der Waals surface area (Å²) < 4.78 is 19.5. The summed E-state index contributed by atoms with van der Waals surface area (Å²) in [5.41, 5.74) is 3.06. The van der Waals surface area contributed by atoms with E-state index in [2.05, 4.69) is 4.98 Å². The highest BCUT2D eigenvalue weighted by Gasteiger charge is 2.22. The molecule has 0 radical (unpaired) electrons. The van der Waals surface area contributed by atoms with Crippen molar-refractivity contribution >= 4 is 45.4 Å². The van der Waals surface area contributed by atoms with Gasteiger partial charge in [-0.25, -0.2) is 9.37 Å². The van der Waals surface area contributed by atoms with Gasteiger partial charge in [-0.2, -0.15) is 0 Å². The van der Waals surface area contributed by atoms with E-state index >= 15 is 0 Å². The zero-order chi connectivity index (χ0) is 22.0. The Bertz CT molecular complexity index is 1110. The fourth-order valence-electron chi connectivity index (χ4n) is 3.07. The second-order valence-electron chi connectivity index (χ2n) is 6.87. The standard InChI is InChI=1S/C22H20ClFN2O3S/c1-12-7-13(2)21(19(23)8-12)26(15(4)28)22-25-16(11-30-22)10-29-17-5-6-18(14(3)27)20(24)9-17/h5-9,11H,10H2,1-4H3. The Labute approximate surface area is 183 Å². The van der Waals surface area contributed by atoms with Gasteiger partial charge < -0.3 is 4.74 Å². The van der Waals surface area contributed by atoms with Crippen LogP contribution >= 0.6 is 22.9 Å². The zero-order valence-electron chi connectivity index (χ0n) is 17.0. The lowest BCUT2D eigenvalue weighted by Gasteiger charge is -2.22. The second kappa shape index (κ2) is 8.93. The molecule has 0 saturated heterocycles. The zero-order valence-corrected chi connectivity index (χ0v) is 18.5. The minimum atomic E-state index is -0.633. The number of thiazole rings is 1. The highest BCUT2D eigenvalue weighted by atomic mass is 35.5. The average Bonchev–Trinajstić information content (AvgIpc) is 3.10. The van der Waals surface area contributed by atoms with Crippen LogP contribution in [0.1, 0.15) is 41.0 Å². The van der Waals surface area contributed by atoms with Crippen LogP contribution in [0.4, 0.5) is 15.2 Å². The van der Waals surface area contributed by atoms with E-state index in [0.717, 1.165) is 11.1 Å². The number of benzene rings is 2. The molecule has 0 fully saturated rings. The first-order chi connectivity index (χ1) is 14.2. The summed E-state index contributed by atoms with van der Waals surface area (Å²) in [5, 5.41) is 2.70. The SMILES string of the molecule is CC(=O)c1ccc(OCc2csc(N(C(C)=O)c3c(C)cc(C)cc3Cl)n2)cc1F. The van der Waals surface area contributed by atoms with Crippen molar-refractivity contribution in [2.45, 2.75) is 34.3 Å². The van der Waals surface area contributed by atoms with Crippen molar-refractivity contribution in [1.82, 2.24) is 4.98 Å². The van der Waals surface area contributed by atoms with E-state index in [1.54, 1.807) is 11.4 Å².